The van der Waals surface area contributed by atoms with E-state index in [1.54, 1.807) is 11.4 Å². The van der Waals surface area contributed by atoms with Crippen molar-refractivity contribution >= 4 is 51.7 Å². The molecular weight excluding hydrogens is 435 g/mol. The highest BCUT2D eigenvalue weighted by Gasteiger charge is 2.24. The Morgan fingerprint density at radius 3 is 2.50 bits per heavy atom. The van der Waals surface area contributed by atoms with Crippen LogP contribution >= 0.6 is 35.7 Å². The summed E-state index contributed by atoms with van der Waals surface area (Å²) in [4.78, 5) is 4.17. The van der Waals surface area contributed by atoms with E-state index in [1.165, 1.54) is 25.7 Å². The second-order valence-electron chi connectivity index (χ2n) is 5.45. The van der Waals surface area contributed by atoms with Crippen molar-refractivity contribution < 1.29 is 8.42 Å². The molecule has 0 aromatic carbocycles. The van der Waals surface area contributed by atoms with E-state index >= 15 is 0 Å². The number of hydrogen-bond acceptors (Lipinski definition) is 4. The van der Waals surface area contributed by atoms with Crippen molar-refractivity contribution in [2.75, 3.05) is 43.9 Å². The lowest BCUT2D eigenvalue weighted by Gasteiger charge is -2.25. The molecular formula is C13H27IN4O2S2. The van der Waals surface area contributed by atoms with Crippen LogP contribution in [0.4, 0.5) is 0 Å². The van der Waals surface area contributed by atoms with Gasteiger partial charge in [-0.05, 0) is 12.8 Å². The number of nitrogens with one attached hydrogen (secondary N) is 2. The number of nitrogens with zero attached hydrogens (tertiary/aromatic N) is 2. The van der Waals surface area contributed by atoms with E-state index < -0.39 is 10.0 Å². The van der Waals surface area contributed by atoms with E-state index in [0.717, 1.165) is 11.5 Å². The molecule has 1 heterocycles. The zero-order valence-corrected chi connectivity index (χ0v) is 17.0. The van der Waals surface area contributed by atoms with Crippen LogP contribution in [0.3, 0.4) is 0 Å². The molecule has 0 aromatic rings. The molecule has 0 unspecified atom stereocenters. The van der Waals surface area contributed by atoms with Crippen molar-refractivity contribution in [3.05, 3.63) is 0 Å². The van der Waals surface area contributed by atoms with Crippen LogP contribution < -0.4 is 10.6 Å². The average Bonchev–Trinajstić information content (AvgIpc) is 3.00. The lowest BCUT2D eigenvalue weighted by molar-refractivity contribution is 0.443. The Morgan fingerprint density at radius 1 is 1.27 bits per heavy atom. The lowest BCUT2D eigenvalue weighted by atomic mass is 10.2. The summed E-state index contributed by atoms with van der Waals surface area (Å²) in [6.45, 7) is 1.68. The van der Waals surface area contributed by atoms with Crippen molar-refractivity contribution in [3.63, 3.8) is 0 Å². The van der Waals surface area contributed by atoms with Crippen LogP contribution in [0.2, 0.25) is 0 Å². The van der Waals surface area contributed by atoms with Gasteiger partial charge in [0, 0.05) is 44.2 Å². The summed E-state index contributed by atoms with van der Waals surface area (Å²) in [5.74, 6) is 2.64. The van der Waals surface area contributed by atoms with Gasteiger partial charge in [-0.1, -0.05) is 12.8 Å². The molecule has 0 atom stereocenters. The second-order valence-corrected chi connectivity index (χ2v) is 8.77. The molecule has 0 spiro atoms. The standard InChI is InChI=1S/C13H26N4O2S2.HI/c1-14-13(16-12-4-2-3-5-12)15-6-11-21(18,19)17-7-9-20-10-8-17;/h12H,2-11H2,1H3,(H2,14,15,16);1H. The summed E-state index contributed by atoms with van der Waals surface area (Å²) in [7, 11) is -1.42. The highest BCUT2D eigenvalue weighted by molar-refractivity contribution is 14.0. The maximum absolute atomic E-state index is 12.2. The summed E-state index contributed by atoms with van der Waals surface area (Å²) < 4.78 is 26.0. The van der Waals surface area contributed by atoms with Crippen LogP contribution in [-0.2, 0) is 10.0 Å². The molecule has 130 valence electrons. The maximum atomic E-state index is 12.2. The minimum Gasteiger partial charge on any atom is -0.355 e. The molecule has 2 aliphatic rings. The Balaban J connectivity index is 0.00000242. The fourth-order valence-electron chi connectivity index (χ4n) is 2.71. The largest absolute Gasteiger partial charge is 0.355 e. The monoisotopic (exact) mass is 462 g/mol. The van der Waals surface area contributed by atoms with Crippen molar-refractivity contribution in [1.29, 1.82) is 0 Å². The van der Waals surface area contributed by atoms with Gasteiger partial charge in [-0.3, -0.25) is 4.99 Å². The van der Waals surface area contributed by atoms with Gasteiger partial charge < -0.3 is 10.6 Å². The third kappa shape index (κ3) is 6.40. The third-order valence-corrected chi connectivity index (χ3v) is 6.75. The molecule has 6 nitrogen and oxygen atoms in total. The molecule has 0 bridgehead atoms. The van der Waals surface area contributed by atoms with Gasteiger partial charge in [0.05, 0.1) is 5.75 Å². The van der Waals surface area contributed by atoms with E-state index in [9.17, 15) is 8.42 Å². The van der Waals surface area contributed by atoms with Crippen LogP contribution in [0.25, 0.3) is 0 Å². The van der Waals surface area contributed by atoms with Crippen molar-refractivity contribution in [2.45, 2.75) is 31.7 Å². The fraction of sp³-hybridized carbons (Fsp3) is 0.923. The Morgan fingerprint density at radius 2 is 1.91 bits per heavy atom. The van der Waals surface area contributed by atoms with Gasteiger partial charge in [-0.2, -0.15) is 11.8 Å². The minimum atomic E-state index is -3.14. The zero-order chi connectivity index (χ0) is 15.1. The molecule has 1 aliphatic heterocycles. The summed E-state index contributed by atoms with van der Waals surface area (Å²) >= 11 is 1.81. The topological polar surface area (TPSA) is 73.8 Å². The van der Waals surface area contributed by atoms with E-state index in [4.69, 9.17) is 0 Å². The van der Waals surface area contributed by atoms with E-state index in [2.05, 4.69) is 15.6 Å². The number of rotatable bonds is 5. The predicted molar refractivity (Wildman–Crippen MR) is 105 cm³/mol. The van der Waals surface area contributed by atoms with Gasteiger partial charge in [-0.25, -0.2) is 12.7 Å². The minimum absolute atomic E-state index is 0. The van der Waals surface area contributed by atoms with Crippen LogP contribution in [0.5, 0.6) is 0 Å². The molecule has 2 N–H and O–H groups in total. The van der Waals surface area contributed by atoms with Crippen LogP contribution in [0.1, 0.15) is 25.7 Å². The SMILES string of the molecule is CN=C(NCCS(=O)(=O)N1CCSCC1)NC1CCCC1.I. The third-order valence-electron chi connectivity index (χ3n) is 3.94. The normalized spacial score (nSPS) is 21.4. The lowest BCUT2D eigenvalue weighted by Crippen LogP contribution is -2.46. The zero-order valence-electron chi connectivity index (χ0n) is 13.1. The van der Waals surface area contributed by atoms with Gasteiger partial charge in [0.15, 0.2) is 5.96 Å². The molecule has 0 amide bonds. The molecule has 1 aliphatic carbocycles. The Labute approximate surface area is 155 Å². The van der Waals surface area contributed by atoms with Gasteiger partial charge in [0.2, 0.25) is 10.0 Å². The van der Waals surface area contributed by atoms with Gasteiger partial charge in [0.25, 0.3) is 0 Å². The second kappa shape index (κ2) is 10.2. The Hall–Kier alpha value is 0.260. The summed E-state index contributed by atoms with van der Waals surface area (Å²) in [5, 5.41) is 6.48. The molecule has 2 fully saturated rings. The molecule has 1 saturated carbocycles. The summed E-state index contributed by atoms with van der Waals surface area (Å²) in [6, 6.07) is 0.479. The van der Waals surface area contributed by atoms with Gasteiger partial charge >= 0.3 is 0 Å². The summed E-state index contributed by atoms with van der Waals surface area (Å²) in [5.41, 5.74) is 0. The van der Waals surface area contributed by atoms with E-state index in [1.807, 2.05) is 11.8 Å². The van der Waals surface area contributed by atoms with Crippen molar-refractivity contribution in [1.82, 2.24) is 14.9 Å². The predicted octanol–water partition coefficient (Wildman–Crippen LogP) is 1.09. The Kier molecular flexibility index (Phi) is 9.41. The molecule has 1 saturated heterocycles. The van der Waals surface area contributed by atoms with Crippen molar-refractivity contribution in [3.8, 4) is 0 Å². The molecule has 0 aromatic heterocycles. The number of halogens is 1. The number of hydrogen-bond donors (Lipinski definition) is 2. The van der Waals surface area contributed by atoms with Crippen LogP contribution in [0.15, 0.2) is 4.99 Å². The first-order valence-corrected chi connectivity index (χ1v) is 10.4. The first kappa shape index (κ1) is 20.3. The van der Waals surface area contributed by atoms with Gasteiger partial charge in [0.1, 0.15) is 0 Å². The molecule has 22 heavy (non-hydrogen) atoms. The van der Waals surface area contributed by atoms with Crippen LogP contribution in [-0.4, -0.2) is 68.7 Å². The van der Waals surface area contributed by atoms with Crippen LogP contribution in [0, 0.1) is 0 Å². The number of thioether (sulfide) groups is 1. The highest BCUT2D eigenvalue weighted by atomic mass is 127. The van der Waals surface area contributed by atoms with E-state index in [-0.39, 0.29) is 29.7 Å². The first-order valence-electron chi connectivity index (χ1n) is 7.64. The number of aliphatic imine (C=N–C) groups is 1. The molecule has 2 rings (SSSR count). The van der Waals surface area contributed by atoms with Gasteiger partial charge in [-0.15, -0.1) is 24.0 Å². The summed E-state index contributed by atoms with van der Waals surface area (Å²) in [6.07, 6.45) is 4.86. The first-order chi connectivity index (χ1) is 10.1. The fourth-order valence-corrected chi connectivity index (χ4v) is 5.20. The molecule has 9 heteroatoms. The quantitative estimate of drug-likeness (QED) is 0.364. The average molecular weight is 462 g/mol. The number of sulfonamides is 1. The maximum Gasteiger partial charge on any atom is 0.215 e. The van der Waals surface area contributed by atoms with Crippen molar-refractivity contribution in [2.24, 2.45) is 4.99 Å². The Bertz CT molecular complexity index is 447. The molecule has 0 radical (unpaired) electrons. The number of guanidine groups is 1. The smallest absolute Gasteiger partial charge is 0.215 e. The highest BCUT2D eigenvalue weighted by Crippen LogP contribution is 2.17. The van der Waals surface area contributed by atoms with E-state index in [0.29, 0.717) is 31.6 Å².